The monoisotopic (exact) mass is 240 g/mol. The second-order valence-corrected chi connectivity index (χ2v) is 2.75. The van der Waals surface area contributed by atoms with E-state index in [1.165, 1.54) is 0 Å². The average molecular weight is 240 g/mol. The zero-order chi connectivity index (χ0) is 12.8. The first-order valence-electron chi connectivity index (χ1n) is 4.23. The lowest BCUT2D eigenvalue weighted by Crippen LogP contribution is -2.20. The maximum Gasteiger partial charge on any atom is 0.454 e. The van der Waals surface area contributed by atoms with Crippen LogP contribution in [0.5, 0.6) is 0 Å². The Kier molecular flexibility index (Phi) is 5.55. The van der Waals surface area contributed by atoms with Crippen molar-refractivity contribution in [2.24, 2.45) is 0 Å². The molecule has 0 aliphatic rings. The summed E-state index contributed by atoms with van der Waals surface area (Å²) >= 11 is 0. The molecule has 7 heteroatoms. The van der Waals surface area contributed by atoms with Crippen molar-refractivity contribution in [1.82, 2.24) is 0 Å². The van der Waals surface area contributed by atoms with Crippen molar-refractivity contribution in [1.29, 1.82) is 0 Å². The summed E-state index contributed by atoms with van der Waals surface area (Å²) in [5.41, 5.74) is 0. The van der Waals surface area contributed by atoms with Gasteiger partial charge in [0.25, 0.3) is 5.78 Å². The molecule has 0 spiro atoms. The maximum absolute atomic E-state index is 11.9. The third-order valence-corrected chi connectivity index (χ3v) is 1.64. The number of halogens is 3. The first kappa shape index (κ1) is 14.5. The van der Waals surface area contributed by atoms with Gasteiger partial charge in [0.2, 0.25) is 0 Å². The van der Waals surface area contributed by atoms with E-state index in [9.17, 15) is 22.8 Å². The van der Waals surface area contributed by atoms with Crippen molar-refractivity contribution in [3.63, 3.8) is 0 Å². The molecule has 0 radical (unpaired) electrons. The molecule has 0 amide bonds. The predicted octanol–water partition coefficient (Wildman–Crippen LogP) is 1.60. The summed E-state index contributed by atoms with van der Waals surface area (Å²) < 4.78 is 44.4. The van der Waals surface area contributed by atoms with Gasteiger partial charge in [-0.3, -0.25) is 9.59 Å². The molecule has 0 N–H and O–H groups in total. The topological polar surface area (TPSA) is 52.6 Å². The Balaban J connectivity index is 4.44. The van der Waals surface area contributed by atoms with E-state index in [2.05, 4.69) is 9.47 Å². The predicted molar refractivity (Wildman–Crippen MR) is 47.4 cm³/mol. The summed E-state index contributed by atoms with van der Waals surface area (Å²) in [5.74, 6) is -2.83. The van der Waals surface area contributed by atoms with E-state index in [4.69, 9.17) is 0 Å². The Hall–Kier alpha value is -1.53. The van der Waals surface area contributed by atoms with Crippen LogP contribution < -0.4 is 0 Å². The molecule has 0 rings (SSSR count). The van der Waals surface area contributed by atoms with Gasteiger partial charge in [-0.2, -0.15) is 13.2 Å². The summed E-state index contributed by atoms with van der Waals surface area (Å²) in [6.07, 6.45) is -4.88. The molecule has 0 aromatic heterocycles. The molecule has 0 fully saturated rings. The molecule has 0 saturated heterocycles. The van der Waals surface area contributed by atoms with Crippen LogP contribution in [-0.4, -0.2) is 32.1 Å². The van der Waals surface area contributed by atoms with Crippen LogP contribution in [0.1, 0.15) is 12.8 Å². The number of ketones is 1. The largest absolute Gasteiger partial charge is 0.501 e. The van der Waals surface area contributed by atoms with Crippen LogP contribution in [-0.2, 0) is 19.1 Å². The third kappa shape index (κ3) is 5.38. The minimum Gasteiger partial charge on any atom is -0.501 e. The number of hydrogen-bond donors (Lipinski definition) is 0. The van der Waals surface area contributed by atoms with Crippen molar-refractivity contribution in [3.8, 4) is 0 Å². The zero-order valence-electron chi connectivity index (χ0n) is 8.76. The first-order chi connectivity index (χ1) is 7.31. The Bertz CT molecular complexity index is 294. The highest BCUT2D eigenvalue weighted by Gasteiger charge is 2.36. The molecule has 0 unspecified atom stereocenters. The van der Waals surface area contributed by atoms with Crippen molar-refractivity contribution >= 4 is 11.8 Å². The fraction of sp³-hybridized carbons (Fsp3) is 0.556. The van der Waals surface area contributed by atoms with E-state index in [0.717, 1.165) is 14.2 Å². The maximum atomic E-state index is 11.9. The lowest BCUT2D eigenvalue weighted by atomic mass is 10.2. The third-order valence-electron chi connectivity index (χ3n) is 1.64. The minimum atomic E-state index is -4.94. The number of hydrogen-bond acceptors (Lipinski definition) is 4. The van der Waals surface area contributed by atoms with Gasteiger partial charge in [0.1, 0.15) is 0 Å². The lowest BCUT2D eigenvalue weighted by Gasteiger charge is -2.06. The number of carbonyl (C=O) groups is 2. The number of methoxy groups -OCH3 is 2. The Morgan fingerprint density at radius 1 is 1.12 bits per heavy atom. The van der Waals surface area contributed by atoms with E-state index in [0.29, 0.717) is 6.08 Å². The summed E-state index contributed by atoms with van der Waals surface area (Å²) in [5, 5.41) is 0. The van der Waals surface area contributed by atoms with Gasteiger partial charge < -0.3 is 9.47 Å². The lowest BCUT2D eigenvalue weighted by molar-refractivity contribution is -0.165. The van der Waals surface area contributed by atoms with Crippen molar-refractivity contribution in [2.45, 2.75) is 19.0 Å². The average Bonchev–Trinajstić information content (AvgIpc) is 2.21. The fourth-order valence-electron chi connectivity index (χ4n) is 0.789. The molecule has 0 atom stereocenters. The highest BCUT2D eigenvalue weighted by atomic mass is 19.4. The van der Waals surface area contributed by atoms with E-state index >= 15 is 0 Å². The van der Waals surface area contributed by atoms with Crippen molar-refractivity contribution in [3.05, 3.63) is 11.8 Å². The molecule has 92 valence electrons. The summed E-state index contributed by atoms with van der Waals surface area (Å²) in [6.45, 7) is 0. The van der Waals surface area contributed by atoms with E-state index in [1.807, 2.05) is 0 Å². The second kappa shape index (κ2) is 6.14. The van der Waals surface area contributed by atoms with E-state index in [1.54, 1.807) is 0 Å². The number of esters is 1. The van der Waals surface area contributed by atoms with Crippen LogP contribution in [0, 0.1) is 0 Å². The minimum absolute atomic E-state index is 0.120. The molecule has 0 aliphatic carbocycles. The van der Waals surface area contributed by atoms with Crippen LogP contribution in [0.25, 0.3) is 0 Å². The molecule has 16 heavy (non-hydrogen) atoms. The van der Waals surface area contributed by atoms with Crippen molar-refractivity contribution in [2.75, 3.05) is 14.2 Å². The van der Waals surface area contributed by atoms with Gasteiger partial charge in [-0.1, -0.05) is 0 Å². The fourth-order valence-corrected chi connectivity index (χ4v) is 0.789. The molecule has 0 aromatic rings. The Labute approximate surface area is 90.0 Å². The van der Waals surface area contributed by atoms with Gasteiger partial charge >= 0.3 is 12.1 Å². The number of alkyl halides is 3. The quantitative estimate of drug-likeness (QED) is 0.416. The van der Waals surface area contributed by atoms with Crippen LogP contribution in [0.15, 0.2) is 11.8 Å². The molecule has 0 saturated carbocycles. The van der Waals surface area contributed by atoms with Gasteiger partial charge in [0.05, 0.1) is 26.4 Å². The van der Waals surface area contributed by atoms with Crippen LogP contribution in [0.4, 0.5) is 13.2 Å². The number of carbonyl (C=O) groups excluding carboxylic acids is 2. The molecule has 0 heterocycles. The highest BCUT2D eigenvalue weighted by Crippen LogP contribution is 2.18. The standard InChI is InChI=1S/C9H11F3O4/c1-15-6(3-4-8(14)16-2)5-7(13)9(10,11)12/h5H,3-4H2,1-2H3/b6-5-. The molecular weight excluding hydrogens is 229 g/mol. The zero-order valence-corrected chi connectivity index (χ0v) is 8.76. The highest BCUT2D eigenvalue weighted by molar-refractivity contribution is 5.94. The van der Waals surface area contributed by atoms with Gasteiger partial charge in [-0.15, -0.1) is 0 Å². The molecule has 0 aromatic carbocycles. The Morgan fingerprint density at radius 3 is 2.06 bits per heavy atom. The SMILES string of the molecule is COC(=O)CC/C(=C/C(=O)C(F)(F)F)OC. The summed E-state index contributed by atoms with van der Waals surface area (Å²) in [4.78, 5) is 21.3. The number of allylic oxidation sites excluding steroid dienone is 2. The molecule has 0 aliphatic heterocycles. The summed E-state index contributed by atoms with van der Waals surface area (Å²) in [6, 6.07) is 0. The normalized spacial score (nSPS) is 12.2. The smallest absolute Gasteiger partial charge is 0.454 e. The van der Waals surface area contributed by atoms with Crippen molar-refractivity contribution < 1.29 is 32.2 Å². The number of ether oxygens (including phenoxy) is 2. The van der Waals surface area contributed by atoms with Gasteiger partial charge in [-0.25, -0.2) is 0 Å². The molecular formula is C9H11F3O4. The second-order valence-electron chi connectivity index (χ2n) is 2.75. The van der Waals surface area contributed by atoms with Gasteiger partial charge in [0.15, 0.2) is 0 Å². The first-order valence-corrected chi connectivity index (χ1v) is 4.23. The van der Waals surface area contributed by atoms with Gasteiger partial charge in [-0.05, 0) is 0 Å². The summed E-state index contributed by atoms with van der Waals surface area (Å²) in [7, 11) is 2.27. The van der Waals surface area contributed by atoms with Crippen LogP contribution in [0.3, 0.4) is 0 Å². The molecule has 4 nitrogen and oxygen atoms in total. The van der Waals surface area contributed by atoms with Gasteiger partial charge in [0, 0.05) is 12.5 Å². The van der Waals surface area contributed by atoms with E-state index in [-0.39, 0.29) is 18.6 Å². The van der Waals surface area contributed by atoms with Crippen LogP contribution >= 0.6 is 0 Å². The molecule has 0 bridgehead atoms. The van der Waals surface area contributed by atoms with E-state index < -0.39 is 17.9 Å². The Morgan fingerprint density at radius 2 is 1.69 bits per heavy atom. The number of rotatable bonds is 5. The van der Waals surface area contributed by atoms with Crippen LogP contribution in [0.2, 0.25) is 0 Å².